The third-order valence-electron chi connectivity index (χ3n) is 6.34. The summed E-state index contributed by atoms with van der Waals surface area (Å²) in [6.07, 6.45) is 5.46. The summed E-state index contributed by atoms with van der Waals surface area (Å²) < 4.78 is 11.4. The molecule has 4 N–H and O–H groups in total. The molecule has 1 fully saturated rings. The Morgan fingerprint density at radius 1 is 0.941 bits per heavy atom. The first-order chi connectivity index (χ1) is 16.4. The number of methoxy groups -OCH3 is 1. The normalized spacial score (nSPS) is 16.1. The van der Waals surface area contributed by atoms with E-state index in [1.54, 1.807) is 43.9 Å². The fourth-order valence-corrected chi connectivity index (χ4v) is 4.31. The zero-order valence-electron chi connectivity index (χ0n) is 18.4. The summed E-state index contributed by atoms with van der Waals surface area (Å²) in [5, 5.41) is 0.856. The SMILES string of the molecule is COc1cncc(-c2ccc3c(Oc4ccc(C5CC5(C(N)=O)C(N)=O)cc4)ccnc3c2)c1. The van der Waals surface area contributed by atoms with Crippen LogP contribution in [0.1, 0.15) is 17.9 Å². The second-order valence-electron chi connectivity index (χ2n) is 8.28. The van der Waals surface area contributed by atoms with Crippen LogP contribution < -0.4 is 20.9 Å². The molecule has 8 heteroatoms. The van der Waals surface area contributed by atoms with E-state index in [9.17, 15) is 9.59 Å². The van der Waals surface area contributed by atoms with Crippen molar-refractivity contribution in [2.75, 3.05) is 7.11 Å². The van der Waals surface area contributed by atoms with Gasteiger partial charge < -0.3 is 20.9 Å². The van der Waals surface area contributed by atoms with E-state index < -0.39 is 17.2 Å². The predicted octanol–water partition coefficient (Wildman–Crippen LogP) is 3.54. The molecule has 170 valence electrons. The van der Waals surface area contributed by atoms with Gasteiger partial charge in [0.25, 0.3) is 0 Å². The maximum absolute atomic E-state index is 11.8. The molecule has 2 aromatic carbocycles. The maximum atomic E-state index is 11.8. The number of ether oxygens (including phenoxy) is 2. The van der Waals surface area contributed by atoms with Crippen LogP contribution in [0.2, 0.25) is 0 Å². The van der Waals surface area contributed by atoms with Gasteiger partial charge in [-0.25, -0.2) is 0 Å². The topological polar surface area (TPSA) is 130 Å². The fraction of sp³-hybridized carbons (Fsp3) is 0.154. The van der Waals surface area contributed by atoms with E-state index >= 15 is 0 Å². The lowest BCUT2D eigenvalue weighted by atomic mass is 9.97. The fourth-order valence-electron chi connectivity index (χ4n) is 4.31. The summed E-state index contributed by atoms with van der Waals surface area (Å²) in [6, 6.07) is 16.9. The van der Waals surface area contributed by atoms with Gasteiger partial charge in [0.1, 0.15) is 22.7 Å². The summed E-state index contributed by atoms with van der Waals surface area (Å²) >= 11 is 0. The van der Waals surface area contributed by atoms with Gasteiger partial charge in [-0.3, -0.25) is 19.6 Å². The summed E-state index contributed by atoms with van der Waals surface area (Å²) in [4.78, 5) is 32.2. The highest BCUT2D eigenvalue weighted by molar-refractivity contribution is 6.08. The molecule has 8 nitrogen and oxygen atoms in total. The Morgan fingerprint density at radius 2 is 1.71 bits per heavy atom. The molecule has 0 bridgehead atoms. The van der Waals surface area contributed by atoms with Crippen molar-refractivity contribution in [2.45, 2.75) is 12.3 Å². The van der Waals surface area contributed by atoms with Gasteiger partial charge in [0.15, 0.2) is 0 Å². The van der Waals surface area contributed by atoms with Crippen molar-refractivity contribution in [3.8, 4) is 28.4 Å². The Bertz CT molecular complexity index is 1400. The van der Waals surface area contributed by atoms with Gasteiger partial charge in [-0.05, 0) is 53.9 Å². The number of carbonyl (C=O) groups excluding carboxylic acids is 2. The first kappa shape index (κ1) is 21.4. The molecule has 1 atom stereocenters. The maximum Gasteiger partial charge on any atom is 0.233 e. The zero-order chi connectivity index (χ0) is 23.9. The number of amides is 2. The van der Waals surface area contributed by atoms with Gasteiger partial charge in [0.05, 0.1) is 18.8 Å². The predicted molar refractivity (Wildman–Crippen MR) is 126 cm³/mol. The highest BCUT2D eigenvalue weighted by Crippen LogP contribution is 2.59. The number of fused-ring (bicyclic) bond motifs is 1. The van der Waals surface area contributed by atoms with Crippen molar-refractivity contribution < 1.29 is 19.1 Å². The van der Waals surface area contributed by atoms with Gasteiger partial charge >= 0.3 is 0 Å². The van der Waals surface area contributed by atoms with Crippen LogP contribution in [0.5, 0.6) is 17.2 Å². The molecule has 1 saturated carbocycles. The summed E-state index contributed by atoms with van der Waals surface area (Å²) in [7, 11) is 1.61. The standard InChI is InChI=1S/C26H22N4O4/c1-33-19-10-17(13-29-14-19)16-4-7-20-22(11-16)30-9-8-23(20)34-18-5-2-15(3-6-18)21-12-26(21,24(27)31)25(28)32/h2-11,13-14,21H,12H2,1H3,(H2,27,31)(H2,28,32). The Hall–Kier alpha value is -4.46. The van der Waals surface area contributed by atoms with E-state index in [4.69, 9.17) is 20.9 Å². The molecule has 1 unspecified atom stereocenters. The molecule has 4 aromatic rings. The van der Waals surface area contributed by atoms with Crippen LogP contribution in [0.25, 0.3) is 22.0 Å². The number of pyridine rings is 2. The van der Waals surface area contributed by atoms with Gasteiger partial charge in [0, 0.05) is 29.3 Å². The van der Waals surface area contributed by atoms with Crippen LogP contribution in [0, 0.1) is 5.41 Å². The van der Waals surface area contributed by atoms with Crippen LogP contribution >= 0.6 is 0 Å². The number of nitrogens with two attached hydrogens (primary N) is 2. The molecule has 1 aliphatic rings. The summed E-state index contributed by atoms with van der Waals surface area (Å²) in [6.45, 7) is 0. The monoisotopic (exact) mass is 454 g/mol. The van der Waals surface area contributed by atoms with Gasteiger partial charge in [0.2, 0.25) is 11.8 Å². The van der Waals surface area contributed by atoms with Crippen LogP contribution in [0.4, 0.5) is 0 Å². The Kier molecular flexibility index (Phi) is 5.13. The third-order valence-corrected chi connectivity index (χ3v) is 6.34. The molecule has 2 amide bonds. The average Bonchev–Trinajstić information content (AvgIpc) is 3.62. The number of rotatable bonds is 7. The minimum absolute atomic E-state index is 0.303. The number of aromatic nitrogens is 2. The molecule has 0 aliphatic heterocycles. The quantitative estimate of drug-likeness (QED) is 0.411. The van der Waals surface area contributed by atoms with E-state index in [-0.39, 0.29) is 5.92 Å². The Morgan fingerprint density at radius 3 is 2.38 bits per heavy atom. The van der Waals surface area contributed by atoms with E-state index in [0.29, 0.717) is 23.7 Å². The minimum Gasteiger partial charge on any atom is -0.495 e. The summed E-state index contributed by atoms with van der Waals surface area (Å²) in [5.41, 5.74) is 13.0. The molecule has 5 rings (SSSR count). The van der Waals surface area contributed by atoms with E-state index in [0.717, 1.165) is 27.6 Å². The lowest BCUT2D eigenvalue weighted by Crippen LogP contribution is -2.38. The minimum atomic E-state index is -1.29. The number of hydrogen-bond donors (Lipinski definition) is 2. The lowest BCUT2D eigenvalue weighted by Gasteiger charge is -2.12. The highest BCUT2D eigenvalue weighted by atomic mass is 16.5. The first-order valence-electron chi connectivity index (χ1n) is 10.7. The molecular formula is C26H22N4O4. The van der Waals surface area contributed by atoms with Gasteiger partial charge in [-0.15, -0.1) is 0 Å². The number of benzene rings is 2. The number of primary amides is 2. The van der Waals surface area contributed by atoms with Crippen molar-refractivity contribution in [2.24, 2.45) is 16.9 Å². The van der Waals surface area contributed by atoms with Crippen molar-refractivity contribution in [1.82, 2.24) is 9.97 Å². The van der Waals surface area contributed by atoms with Crippen molar-refractivity contribution in [3.63, 3.8) is 0 Å². The van der Waals surface area contributed by atoms with Crippen LogP contribution in [-0.2, 0) is 9.59 Å². The van der Waals surface area contributed by atoms with E-state index in [1.807, 2.05) is 36.4 Å². The Labute approximate surface area is 195 Å². The summed E-state index contributed by atoms with van der Waals surface area (Å²) in [5.74, 6) is 0.282. The van der Waals surface area contributed by atoms with Crippen LogP contribution in [0.15, 0.2) is 73.2 Å². The first-order valence-corrected chi connectivity index (χ1v) is 10.7. The molecule has 0 saturated heterocycles. The van der Waals surface area contributed by atoms with Gasteiger partial charge in [-0.1, -0.05) is 18.2 Å². The average molecular weight is 454 g/mol. The largest absolute Gasteiger partial charge is 0.495 e. The number of hydrogen-bond acceptors (Lipinski definition) is 6. The van der Waals surface area contributed by atoms with Crippen molar-refractivity contribution in [3.05, 3.63) is 78.8 Å². The molecule has 34 heavy (non-hydrogen) atoms. The smallest absolute Gasteiger partial charge is 0.233 e. The lowest BCUT2D eigenvalue weighted by molar-refractivity contribution is -0.133. The van der Waals surface area contributed by atoms with Crippen LogP contribution in [0.3, 0.4) is 0 Å². The molecule has 0 radical (unpaired) electrons. The van der Waals surface area contributed by atoms with Gasteiger partial charge in [-0.2, -0.15) is 0 Å². The van der Waals surface area contributed by atoms with Crippen LogP contribution in [-0.4, -0.2) is 28.9 Å². The second kappa shape index (κ2) is 8.15. The van der Waals surface area contributed by atoms with E-state index in [2.05, 4.69) is 9.97 Å². The molecular weight excluding hydrogens is 432 g/mol. The van der Waals surface area contributed by atoms with E-state index in [1.165, 1.54) is 0 Å². The third kappa shape index (κ3) is 3.59. The van der Waals surface area contributed by atoms with Crippen molar-refractivity contribution >= 4 is 22.7 Å². The Balaban J connectivity index is 1.39. The highest BCUT2D eigenvalue weighted by Gasteiger charge is 2.64. The molecule has 2 aromatic heterocycles. The zero-order valence-corrected chi connectivity index (χ0v) is 18.4. The number of carbonyl (C=O) groups is 2. The second-order valence-corrected chi connectivity index (χ2v) is 8.28. The molecule has 0 spiro atoms. The number of nitrogens with zero attached hydrogens (tertiary/aromatic N) is 2. The molecule has 2 heterocycles. The van der Waals surface area contributed by atoms with Crippen molar-refractivity contribution in [1.29, 1.82) is 0 Å². The molecule has 1 aliphatic carbocycles.